The van der Waals surface area contributed by atoms with Crippen LogP contribution in [-0.2, 0) is 4.74 Å². The van der Waals surface area contributed by atoms with Gasteiger partial charge in [-0.25, -0.2) is 4.98 Å². The highest BCUT2D eigenvalue weighted by molar-refractivity contribution is 6.12. The van der Waals surface area contributed by atoms with Gasteiger partial charge in [0.15, 0.2) is 0 Å². The van der Waals surface area contributed by atoms with Gasteiger partial charge in [-0.2, -0.15) is 0 Å². The van der Waals surface area contributed by atoms with Gasteiger partial charge in [0.2, 0.25) is 0 Å². The van der Waals surface area contributed by atoms with Crippen LogP contribution in [0.2, 0.25) is 0 Å². The summed E-state index contributed by atoms with van der Waals surface area (Å²) in [7, 11) is 1.76. The molecule has 1 aromatic rings. The Morgan fingerprint density at radius 2 is 1.85 bits per heavy atom. The van der Waals surface area contributed by atoms with Crippen LogP contribution in [-0.4, -0.2) is 55.5 Å². The van der Waals surface area contributed by atoms with Gasteiger partial charge in [-0.15, -0.1) is 0 Å². The molecule has 0 atom stereocenters. The molecule has 148 valence electrons. The van der Waals surface area contributed by atoms with Crippen molar-refractivity contribution in [2.24, 2.45) is 5.92 Å². The minimum absolute atomic E-state index is 0.382. The summed E-state index contributed by atoms with van der Waals surface area (Å²) in [6, 6.07) is 3.94. The molecule has 0 saturated carbocycles. The fourth-order valence-corrected chi connectivity index (χ4v) is 4.07. The second-order valence-electron chi connectivity index (χ2n) is 7.71. The van der Waals surface area contributed by atoms with Crippen molar-refractivity contribution < 1.29 is 4.74 Å². The zero-order valence-corrected chi connectivity index (χ0v) is 16.5. The second kappa shape index (κ2) is 9.22. The molecule has 2 aliphatic heterocycles. The van der Waals surface area contributed by atoms with Crippen LogP contribution in [0, 0.1) is 11.3 Å². The number of nitrogen functional groups attached to an aromatic ring is 1. The first kappa shape index (κ1) is 19.7. The monoisotopic (exact) mass is 371 g/mol. The standard InChI is InChI=1S/C21H33N5O/c1-16(25-13-9-17(10-14-25)15-27-2)20(22)18-7-8-19(24-21(18)23)26-11-5-3-4-6-12-26/h7-8,17,22H,1,3-6,9-15H2,2H3,(H2,23,24). The van der Waals surface area contributed by atoms with Gasteiger partial charge in [0, 0.05) is 45.5 Å². The van der Waals surface area contributed by atoms with Crippen LogP contribution in [0.1, 0.15) is 44.1 Å². The largest absolute Gasteiger partial charge is 0.384 e. The number of piperidine rings is 1. The minimum Gasteiger partial charge on any atom is -0.384 e. The molecule has 1 aromatic heterocycles. The van der Waals surface area contributed by atoms with Crippen LogP contribution in [0.4, 0.5) is 11.6 Å². The van der Waals surface area contributed by atoms with Crippen molar-refractivity contribution in [1.82, 2.24) is 9.88 Å². The topological polar surface area (TPSA) is 78.5 Å². The number of nitrogens with two attached hydrogens (primary N) is 1. The summed E-state index contributed by atoms with van der Waals surface area (Å²) in [6.07, 6.45) is 7.12. The van der Waals surface area contributed by atoms with E-state index in [1.165, 1.54) is 25.7 Å². The molecule has 27 heavy (non-hydrogen) atoms. The molecule has 0 aromatic carbocycles. The molecule has 3 heterocycles. The highest BCUT2D eigenvalue weighted by atomic mass is 16.5. The van der Waals surface area contributed by atoms with E-state index in [-0.39, 0.29) is 0 Å². The molecule has 0 radical (unpaired) electrons. The van der Waals surface area contributed by atoms with E-state index in [1.807, 2.05) is 12.1 Å². The molecule has 0 amide bonds. The number of aromatic nitrogens is 1. The zero-order valence-electron chi connectivity index (χ0n) is 16.5. The number of ether oxygens (including phenoxy) is 1. The average molecular weight is 372 g/mol. The molecule has 0 spiro atoms. The average Bonchev–Trinajstić information content (AvgIpc) is 2.97. The lowest BCUT2D eigenvalue weighted by Crippen LogP contribution is -2.36. The number of nitrogens with one attached hydrogen (secondary N) is 1. The lowest BCUT2D eigenvalue weighted by atomic mass is 9.96. The maximum atomic E-state index is 8.59. The summed E-state index contributed by atoms with van der Waals surface area (Å²) in [6.45, 7) is 8.87. The first-order chi connectivity index (χ1) is 13.1. The van der Waals surface area contributed by atoms with E-state index in [4.69, 9.17) is 15.9 Å². The number of methoxy groups -OCH3 is 1. The fraction of sp³-hybridized carbons (Fsp3) is 0.619. The second-order valence-corrected chi connectivity index (χ2v) is 7.71. The predicted molar refractivity (Wildman–Crippen MR) is 111 cm³/mol. The molecule has 2 fully saturated rings. The highest BCUT2D eigenvalue weighted by Gasteiger charge is 2.23. The summed E-state index contributed by atoms with van der Waals surface area (Å²) < 4.78 is 5.27. The first-order valence-electron chi connectivity index (χ1n) is 10.1. The Balaban J connectivity index is 1.65. The number of hydrogen-bond donors (Lipinski definition) is 2. The van der Waals surface area contributed by atoms with E-state index in [0.717, 1.165) is 57.1 Å². The molecule has 0 bridgehead atoms. The van der Waals surface area contributed by atoms with Crippen LogP contribution >= 0.6 is 0 Å². The van der Waals surface area contributed by atoms with Crippen LogP contribution in [0.25, 0.3) is 0 Å². The Kier molecular flexibility index (Phi) is 6.72. The van der Waals surface area contributed by atoms with Crippen LogP contribution in [0.5, 0.6) is 0 Å². The maximum Gasteiger partial charge on any atom is 0.135 e. The van der Waals surface area contributed by atoms with Crippen molar-refractivity contribution in [3.8, 4) is 0 Å². The summed E-state index contributed by atoms with van der Waals surface area (Å²) in [4.78, 5) is 9.11. The van der Waals surface area contributed by atoms with Crippen molar-refractivity contribution in [2.45, 2.75) is 38.5 Å². The van der Waals surface area contributed by atoms with Crippen molar-refractivity contribution in [3.05, 3.63) is 30.0 Å². The molecule has 3 rings (SSSR count). The van der Waals surface area contributed by atoms with Crippen LogP contribution in [0.3, 0.4) is 0 Å². The Bertz CT molecular complexity index is 659. The van der Waals surface area contributed by atoms with Crippen molar-refractivity contribution in [3.63, 3.8) is 0 Å². The van der Waals surface area contributed by atoms with E-state index >= 15 is 0 Å². The molecule has 6 nitrogen and oxygen atoms in total. The number of nitrogens with zero attached hydrogens (tertiary/aromatic N) is 3. The highest BCUT2D eigenvalue weighted by Crippen LogP contribution is 2.25. The quantitative estimate of drug-likeness (QED) is 0.750. The van der Waals surface area contributed by atoms with Gasteiger partial charge in [0.05, 0.1) is 11.4 Å². The van der Waals surface area contributed by atoms with Gasteiger partial charge >= 0.3 is 0 Å². The van der Waals surface area contributed by atoms with Gasteiger partial charge < -0.3 is 20.3 Å². The number of allylic oxidation sites excluding steroid dienone is 1. The molecular weight excluding hydrogens is 338 g/mol. The zero-order chi connectivity index (χ0) is 19.2. The number of likely N-dealkylation sites (tertiary alicyclic amines) is 1. The van der Waals surface area contributed by atoms with Gasteiger partial charge in [-0.3, -0.25) is 5.41 Å². The summed E-state index contributed by atoms with van der Waals surface area (Å²) in [5.74, 6) is 1.96. The van der Waals surface area contributed by atoms with E-state index < -0.39 is 0 Å². The number of rotatable bonds is 6. The van der Waals surface area contributed by atoms with E-state index in [0.29, 0.717) is 23.0 Å². The third-order valence-corrected chi connectivity index (χ3v) is 5.80. The van der Waals surface area contributed by atoms with E-state index in [9.17, 15) is 0 Å². The smallest absolute Gasteiger partial charge is 0.135 e. The van der Waals surface area contributed by atoms with Crippen LogP contribution in [0.15, 0.2) is 24.4 Å². The Hall–Kier alpha value is -2.08. The molecule has 0 aliphatic carbocycles. The fourth-order valence-electron chi connectivity index (χ4n) is 4.07. The predicted octanol–water partition coefficient (Wildman–Crippen LogP) is 3.28. The third kappa shape index (κ3) is 4.80. The van der Waals surface area contributed by atoms with Crippen molar-refractivity contribution >= 4 is 17.3 Å². The summed E-state index contributed by atoms with van der Waals surface area (Å²) in [5, 5.41) is 8.59. The summed E-state index contributed by atoms with van der Waals surface area (Å²) in [5.41, 5.74) is 8.04. The van der Waals surface area contributed by atoms with Gasteiger partial charge in [-0.05, 0) is 43.7 Å². The van der Waals surface area contributed by atoms with Gasteiger partial charge in [0.1, 0.15) is 11.6 Å². The van der Waals surface area contributed by atoms with Crippen molar-refractivity contribution in [2.75, 3.05) is 50.5 Å². The number of pyridine rings is 1. The van der Waals surface area contributed by atoms with E-state index in [2.05, 4.69) is 21.4 Å². The lowest BCUT2D eigenvalue weighted by Gasteiger charge is -2.34. The molecule has 2 aliphatic rings. The van der Waals surface area contributed by atoms with Crippen molar-refractivity contribution in [1.29, 1.82) is 5.41 Å². The Morgan fingerprint density at radius 3 is 2.44 bits per heavy atom. The normalized spacial score (nSPS) is 19.0. The Morgan fingerprint density at radius 1 is 1.19 bits per heavy atom. The van der Waals surface area contributed by atoms with E-state index in [1.54, 1.807) is 7.11 Å². The SMILES string of the molecule is C=C(C(=N)c1ccc(N2CCCCCC2)nc1N)N1CCC(COC)CC1. The van der Waals surface area contributed by atoms with Crippen LogP contribution < -0.4 is 10.6 Å². The lowest BCUT2D eigenvalue weighted by molar-refractivity contribution is 0.113. The number of hydrogen-bond acceptors (Lipinski definition) is 6. The molecule has 6 heteroatoms. The van der Waals surface area contributed by atoms with Gasteiger partial charge in [0.25, 0.3) is 0 Å². The number of anilines is 2. The molecule has 3 N–H and O–H groups in total. The summed E-state index contributed by atoms with van der Waals surface area (Å²) >= 11 is 0. The Labute approximate surface area is 162 Å². The molecular formula is C21H33N5O. The minimum atomic E-state index is 0.382. The first-order valence-corrected chi connectivity index (χ1v) is 10.1. The maximum absolute atomic E-state index is 8.59. The molecule has 0 unspecified atom stereocenters. The third-order valence-electron chi connectivity index (χ3n) is 5.80. The van der Waals surface area contributed by atoms with Gasteiger partial charge in [-0.1, -0.05) is 19.4 Å². The molecule has 2 saturated heterocycles.